The van der Waals surface area contributed by atoms with Crippen molar-refractivity contribution in [1.29, 1.82) is 0 Å². The van der Waals surface area contributed by atoms with Crippen LogP contribution in [0.25, 0.3) is 10.9 Å². The Morgan fingerprint density at radius 3 is 3.06 bits per heavy atom. The lowest BCUT2D eigenvalue weighted by molar-refractivity contribution is 0.0793. The van der Waals surface area contributed by atoms with Crippen LogP contribution in [0, 0.1) is 0 Å². The number of benzene rings is 1. The van der Waals surface area contributed by atoms with Gasteiger partial charge < -0.3 is 4.90 Å². The molecule has 2 aromatic rings. The number of alkyl halides is 1. The first-order chi connectivity index (χ1) is 8.74. The van der Waals surface area contributed by atoms with E-state index in [9.17, 15) is 4.79 Å². The van der Waals surface area contributed by atoms with Crippen molar-refractivity contribution in [2.24, 2.45) is 0 Å². The van der Waals surface area contributed by atoms with E-state index in [2.05, 4.69) is 20.9 Å². The molecule has 2 heterocycles. The Kier molecular flexibility index (Phi) is 3.04. The molecule has 0 N–H and O–H groups in total. The van der Waals surface area contributed by atoms with Gasteiger partial charge in [0.2, 0.25) is 0 Å². The van der Waals surface area contributed by atoms with E-state index in [1.807, 2.05) is 35.2 Å². The molecule has 1 aliphatic rings. The molecule has 1 fully saturated rings. The van der Waals surface area contributed by atoms with Gasteiger partial charge >= 0.3 is 0 Å². The van der Waals surface area contributed by atoms with E-state index in [-0.39, 0.29) is 5.91 Å². The van der Waals surface area contributed by atoms with Crippen LogP contribution in [0.1, 0.15) is 16.8 Å². The number of rotatable bonds is 1. The third-order valence-electron chi connectivity index (χ3n) is 3.27. The van der Waals surface area contributed by atoms with E-state index in [1.165, 1.54) is 0 Å². The summed E-state index contributed by atoms with van der Waals surface area (Å²) in [7, 11) is 0. The van der Waals surface area contributed by atoms with Gasteiger partial charge in [-0.1, -0.05) is 22.0 Å². The van der Waals surface area contributed by atoms with E-state index in [0.29, 0.717) is 4.83 Å². The second-order valence-electron chi connectivity index (χ2n) is 4.55. The minimum Gasteiger partial charge on any atom is -0.337 e. The molecule has 92 valence electrons. The first-order valence-electron chi connectivity index (χ1n) is 6.02. The van der Waals surface area contributed by atoms with E-state index in [1.54, 1.807) is 6.20 Å². The van der Waals surface area contributed by atoms with Gasteiger partial charge in [-0.2, -0.15) is 0 Å². The molecule has 1 unspecified atom stereocenters. The van der Waals surface area contributed by atoms with Crippen molar-refractivity contribution in [3.8, 4) is 0 Å². The SMILES string of the molecule is O=C(c1ccc2ncccc2c1)N1CCC(Br)C1. The fourth-order valence-corrected chi connectivity index (χ4v) is 2.85. The monoisotopic (exact) mass is 304 g/mol. The number of carbonyl (C=O) groups is 1. The van der Waals surface area contributed by atoms with Gasteiger partial charge in [0.1, 0.15) is 0 Å². The van der Waals surface area contributed by atoms with Crippen LogP contribution >= 0.6 is 15.9 Å². The van der Waals surface area contributed by atoms with Gasteiger partial charge in [-0.3, -0.25) is 9.78 Å². The molecule has 0 bridgehead atoms. The number of likely N-dealkylation sites (tertiary alicyclic amines) is 1. The topological polar surface area (TPSA) is 33.2 Å². The highest BCUT2D eigenvalue weighted by atomic mass is 79.9. The molecule has 3 nitrogen and oxygen atoms in total. The number of nitrogens with zero attached hydrogens (tertiary/aromatic N) is 2. The van der Waals surface area contributed by atoms with E-state index < -0.39 is 0 Å². The first-order valence-corrected chi connectivity index (χ1v) is 6.94. The zero-order chi connectivity index (χ0) is 12.5. The quantitative estimate of drug-likeness (QED) is 0.759. The number of aromatic nitrogens is 1. The molecular formula is C14H13BrN2O. The Hall–Kier alpha value is -1.42. The summed E-state index contributed by atoms with van der Waals surface area (Å²) in [4.78, 5) is 18.9. The maximum atomic E-state index is 12.3. The Bertz CT molecular complexity index is 599. The van der Waals surface area contributed by atoms with E-state index >= 15 is 0 Å². The standard InChI is InChI=1S/C14H13BrN2O/c15-12-5-7-17(9-12)14(18)11-3-4-13-10(8-11)2-1-6-16-13/h1-4,6,8,12H,5,7,9H2. The molecule has 18 heavy (non-hydrogen) atoms. The molecule has 0 radical (unpaired) electrons. The summed E-state index contributed by atoms with van der Waals surface area (Å²) in [5.41, 5.74) is 1.67. The molecule has 1 aromatic carbocycles. The molecule has 1 amide bonds. The summed E-state index contributed by atoms with van der Waals surface area (Å²) in [5.74, 6) is 0.114. The van der Waals surface area contributed by atoms with Crippen LogP contribution < -0.4 is 0 Å². The lowest BCUT2D eigenvalue weighted by Crippen LogP contribution is -2.28. The smallest absolute Gasteiger partial charge is 0.253 e. The van der Waals surface area contributed by atoms with Gasteiger partial charge in [-0.15, -0.1) is 0 Å². The van der Waals surface area contributed by atoms with Crippen LogP contribution in [-0.2, 0) is 0 Å². The minimum absolute atomic E-state index is 0.114. The highest BCUT2D eigenvalue weighted by molar-refractivity contribution is 9.09. The summed E-state index contributed by atoms with van der Waals surface area (Å²) in [6, 6.07) is 9.56. The van der Waals surface area contributed by atoms with Gasteiger partial charge in [-0.25, -0.2) is 0 Å². The van der Waals surface area contributed by atoms with Crippen LogP contribution in [-0.4, -0.2) is 33.7 Å². The molecule has 0 saturated carbocycles. The highest BCUT2D eigenvalue weighted by Crippen LogP contribution is 2.20. The molecule has 3 rings (SSSR count). The third kappa shape index (κ3) is 2.12. The third-order valence-corrected chi connectivity index (χ3v) is 4.02. The molecule has 1 aromatic heterocycles. The summed E-state index contributed by atoms with van der Waals surface area (Å²) < 4.78 is 0. The Labute approximate surface area is 114 Å². The van der Waals surface area contributed by atoms with Crippen LogP contribution in [0.4, 0.5) is 0 Å². The number of carbonyl (C=O) groups excluding carboxylic acids is 1. The molecule has 1 atom stereocenters. The van der Waals surface area contributed by atoms with E-state index in [0.717, 1.165) is 36.0 Å². The number of hydrogen-bond donors (Lipinski definition) is 0. The zero-order valence-corrected chi connectivity index (χ0v) is 11.4. The summed E-state index contributed by atoms with van der Waals surface area (Å²) in [5, 5.41) is 1.01. The van der Waals surface area contributed by atoms with Crippen LogP contribution in [0.5, 0.6) is 0 Å². The normalized spacial score (nSPS) is 19.4. The largest absolute Gasteiger partial charge is 0.337 e. The molecule has 4 heteroatoms. The maximum absolute atomic E-state index is 12.3. The van der Waals surface area contributed by atoms with Crippen LogP contribution in [0.2, 0.25) is 0 Å². The van der Waals surface area contributed by atoms with Crippen molar-refractivity contribution < 1.29 is 4.79 Å². The zero-order valence-electron chi connectivity index (χ0n) is 9.84. The Morgan fingerprint density at radius 1 is 1.39 bits per heavy atom. The summed E-state index contributed by atoms with van der Waals surface area (Å²) >= 11 is 3.56. The second kappa shape index (κ2) is 4.69. The predicted molar refractivity (Wildman–Crippen MR) is 75.0 cm³/mol. The number of fused-ring (bicyclic) bond motifs is 1. The highest BCUT2D eigenvalue weighted by Gasteiger charge is 2.25. The minimum atomic E-state index is 0.114. The molecular weight excluding hydrogens is 292 g/mol. The lowest BCUT2D eigenvalue weighted by Gasteiger charge is -2.15. The van der Waals surface area contributed by atoms with Crippen molar-refractivity contribution in [1.82, 2.24) is 9.88 Å². The number of hydrogen-bond acceptors (Lipinski definition) is 2. The fraction of sp³-hybridized carbons (Fsp3) is 0.286. The van der Waals surface area contributed by atoms with Crippen molar-refractivity contribution in [2.75, 3.05) is 13.1 Å². The van der Waals surface area contributed by atoms with Crippen molar-refractivity contribution in [3.05, 3.63) is 42.1 Å². The number of halogens is 1. The van der Waals surface area contributed by atoms with Crippen molar-refractivity contribution in [3.63, 3.8) is 0 Å². The van der Waals surface area contributed by atoms with Gasteiger partial charge in [0.25, 0.3) is 5.91 Å². The average Bonchev–Trinajstić information content (AvgIpc) is 2.84. The maximum Gasteiger partial charge on any atom is 0.253 e. The van der Waals surface area contributed by atoms with Gasteiger partial charge in [0.05, 0.1) is 5.52 Å². The molecule has 1 aliphatic heterocycles. The van der Waals surface area contributed by atoms with Gasteiger partial charge in [-0.05, 0) is 30.7 Å². The molecule has 1 saturated heterocycles. The molecule has 0 spiro atoms. The van der Waals surface area contributed by atoms with Gasteiger partial charge in [0, 0.05) is 35.1 Å². The summed E-state index contributed by atoms with van der Waals surface area (Å²) in [6.45, 7) is 1.63. The van der Waals surface area contributed by atoms with Crippen LogP contribution in [0.15, 0.2) is 36.5 Å². The Balaban J connectivity index is 1.92. The number of amides is 1. The number of pyridine rings is 1. The lowest BCUT2D eigenvalue weighted by atomic mass is 10.1. The fourth-order valence-electron chi connectivity index (χ4n) is 2.29. The van der Waals surface area contributed by atoms with Gasteiger partial charge in [0.15, 0.2) is 0 Å². The first kappa shape index (κ1) is 11.7. The summed E-state index contributed by atoms with van der Waals surface area (Å²) in [6.07, 6.45) is 2.79. The average molecular weight is 305 g/mol. The van der Waals surface area contributed by atoms with Crippen molar-refractivity contribution in [2.45, 2.75) is 11.2 Å². The molecule has 0 aliphatic carbocycles. The predicted octanol–water partition coefficient (Wildman–Crippen LogP) is 2.84. The Morgan fingerprint density at radius 2 is 2.28 bits per heavy atom. The van der Waals surface area contributed by atoms with Crippen LogP contribution in [0.3, 0.4) is 0 Å². The second-order valence-corrected chi connectivity index (χ2v) is 5.84. The van der Waals surface area contributed by atoms with Crippen molar-refractivity contribution >= 4 is 32.7 Å². The van der Waals surface area contributed by atoms with E-state index in [4.69, 9.17) is 0 Å².